The van der Waals surface area contributed by atoms with Crippen LogP contribution < -0.4 is 5.32 Å². The van der Waals surface area contributed by atoms with Crippen LogP contribution in [0.25, 0.3) is 22.5 Å². The van der Waals surface area contributed by atoms with Gasteiger partial charge in [0.1, 0.15) is 5.82 Å². The third-order valence-corrected chi connectivity index (χ3v) is 6.39. The zero-order chi connectivity index (χ0) is 23.1. The number of imidazole rings is 1. The van der Waals surface area contributed by atoms with E-state index in [1.54, 1.807) is 13.1 Å². The number of anilines is 2. The largest absolute Gasteiger partial charge is 0.421 e. The highest BCUT2D eigenvalue weighted by atomic mass is 16.4. The van der Waals surface area contributed by atoms with Crippen LogP contribution >= 0.6 is 0 Å². The van der Waals surface area contributed by atoms with E-state index in [0.717, 1.165) is 73.5 Å². The molecule has 0 unspecified atom stereocenters. The fourth-order valence-electron chi connectivity index (χ4n) is 4.36. The third kappa shape index (κ3) is 4.24. The van der Waals surface area contributed by atoms with Crippen LogP contribution in [0.3, 0.4) is 0 Å². The summed E-state index contributed by atoms with van der Waals surface area (Å²) in [7, 11) is 0. The zero-order valence-corrected chi connectivity index (χ0v) is 19.0. The lowest BCUT2D eigenvalue weighted by Gasteiger charge is -2.35. The normalized spacial score (nSPS) is 16.8. The molecule has 1 aromatic carbocycles. The summed E-state index contributed by atoms with van der Waals surface area (Å²) < 4.78 is 5.53. The number of carbonyl (C=O) groups excluding carboxylic acids is 1. The Morgan fingerprint density at radius 2 is 2.03 bits per heavy atom. The number of rotatable bonds is 6. The van der Waals surface area contributed by atoms with E-state index < -0.39 is 0 Å². The maximum atomic E-state index is 12.3. The van der Waals surface area contributed by atoms with Crippen LogP contribution in [0.1, 0.15) is 24.3 Å². The number of amides is 1. The maximum Gasteiger partial charge on any atom is 0.247 e. The van der Waals surface area contributed by atoms with Crippen LogP contribution in [-0.2, 0) is 11.3 Å². The van der Waals surface area contributed by atoms with E-state index in [-0.39, 0.29) is 5.92 Å². The molecule has 174 valence electrons. The first kappa shape index (κ1) is 20.8. The van der Waals surface area contributed by atoms with Gasteiger partial charge in [0.15, 0.2) is 0 Å². The number of pyridine rings is 1. The van der Waals surface area contributed by atoms with Gasteiger partial charge in [-0.2, -0.15) is 0 Å². The van der Waals surface area contributed by atoms with Gasteiger partial charge < -0.3 is 19.6 Å². The highest BCUT2D eigenvalue weighted by Crippen LogP contribution is 2.31. The molecule has 4 aromatic rings. The van der Waals surface area contributed by atoms with Crippen LogP contribution in [0.15, 0.2) is 40.9 Å². The number of hydrogen-bond donors (Lipinski definition) is 2. The van der Waals surface area contributed by atoms with Crippen molar-refractivity contribution >= 4 is 28.7 Å². The maximum absolute atomic E-state index is 12.3. The molecule has 0 atom stereocenters. The second kappa shape index (κ2) is 8.53. The van der Waals surface area contributed by atoms with Crippen LogP contribution in [0, 0.1) is 12.8 Å². The Bertz CT molecular complexity index is 1330. The summed E-state index contributed by atoms with van der Waals surface area (Å²) in [4.78, 5) is 29.2. The molecule has 1 aliphatic heterocycles. The fraction of sp³-hybridized carbons (Fsp3) is 0.375. The van der Waals surface area contributed by atoms with Crippen molar-refractivity contribution in [3.05, 3.63) is 48.0 Å². The van der Waals surface area contributed by atoms with Crippen LogP contribution in [0.4, 0.5) is 11.8 Å². The van der Waals surface area contributed by atoms with Gasteiger partial charge >= 0.3 is 0 Å². The second-order valence-electron chi connectivity index (χ2n) is 8.96. The Kier molecular flexibility index (Phi) is 5.21. The summed E-state index contributed by atoms with van der Waals surface area (Å²) >= 11 is 0. The molecule has 4 heterocycles. The van der Waals surface area contributed by atoms with Gasteiger partial charge in [0.2, 0.25) is 23.6 Å². The van der Waals surface area contributed by atoms with E-state index in [2.05, 4.69) is 41.4 Å². The van der Waals surface area contributed by atoms with Gasteiger partial charge in [0.05, 0.1) is 11.0 Å². The van der Waals surface area contributed by atoms with E-state index >= 15 is 0 Å². The van der Waals surface area contributed by atoms with Crippen molar-refractivity contribution in [3.8, 4) is 11.5 Å². The minimum Gasteiger partial charge on any atom is -0.421 e. The minimum atomic E-state index is 0.289. The highest BCUT2D eigenvalue weighted by Gasteiger charge is 2.34. The number of aryl methyl sites for hydroxylation is 1. The summed E-state index contributed by atoms with van der Waals surface area (Å²) in [5.41, 5.74) is 3.62. The quantitative estimate of drug-likeness (QED) is 0.453. The standard InChI is InChI=1S/C24H26N8O2/c1-15-29-30-22(34-15)17-6-7-19-20(13-17)27-24(26-19)28-21-18(3-2-8-25-21)14-31-9-11-32(12-10-31)23(33)16-4-5-16/h2-3,6-8,13,16H,4-5,9-12,14H2,1H3,(H2,25,26,27,28). The smallest absolute Gasteiger partial charge is 0.247 e. The van der Waals surface area contributed by atoms with Crippen LogP contribution in [-0.4, -0.2) is 67.0 Å². The first-order valence-electron chi connectivity index (χ1n) is 11.6. The molecular formula is C24H26N8O2. The van der Waals surface area contributed by atoms with Crippen molar-refractivity contribution in [2.45, 2.75) is 26.3 Å². The van der Waals surface area contributed by atoms with E-state index in [1.807, 2.05) is 29.2 Å². The number of aromatic amines is 1. The second-order valence-corrected chi connectivity index (χ2v) is 8.96. The zero-order valence-electron chi connectivity index (χ0n) is 19.0. The molecule has 2 N–H and O–H groups in total. The predicted octanol–water partition coefficient (Wildman–Crippen LogP) is 3.11. The van der Waals surface area contributed by atoms with Gasteiger partial charge in [-0.05, 0) is 37.1 Å². The number of nitrogens with zero attached hydrogens (tertiary/aromatic N) is 6. The molecule has 34 heavy (non-hydrogen) atoms. The first-order valence-corrected chi connectivity index (χ1v) is 11.6. The predicted molar refractivity (Wildman–Crippen MR) is 126 cm³/mol. The molecule has 0 radical (unpaired) electrons. The van der Waals surface area contributed by atoms with Crippen molar-refractivity contribution in [1.82, 2.24) is 34.9 Å². The molecule has 2 aliphatic rings. The Morgan fingerprint density at radius 3 is 2.79 bits per heavy atom. The topological polar surface area (TPSA) is 116 Å². The van der Waals surface area contributed by atoms with E-state index in [0.29, 0.717) is 23.6 Å². The third-order valence-electron chi connectivity index (χ3n) is 6.39. The molecular weight excluding hydrogens is 432 g/mol. The number of aromatic nitrogens is 5. The summed E-state index contributed by atoms with van der Waals surface area (Å²) in [6.07, 6.45) is 3.89. The minimum absolute atomic E-state index is 0.289. The van der Waals surface area contributed by atoms with Crippen LogP contribution in [0.5, 0.6) is 0 Å². The van der Waals surface area contributed by atoms with Gasteiger partial charge in [-0.3, -0.25) is 9.69 Å². The SMILES string of the molecule is Cc1nnc(-c2ccc3nc(Nc4ncccc4CN4CCN(C(=O)C5CC5)CC4)[nH]c3c2)o1. The average molecular weight is 459 g/mol. The number of hydrogen-bond acceptors (Lipinski definition) is 8. The van der Waals surface area contributed by atoms with Gasteiger partial charge in [-0.15, -0.1) is 10.2 Å². The first-order chi connectivity index (χ1) is 16.6. The Labute approximate surface area is 196 Å². The molecule has 2 fully saturated rings. The number of nitrogens with one attached hydrogen (secondary N) is 2. The average Bonchev–Trinajstić information content (AvgIpc) is 3.49. The number of benzene rings is 1. The van der Waals surface area contributed by atoms with E-state index in [9.17, 15) is 4.79 Å². The van der Waals surface area contributed by atoms with Gasteiger partial charge in [0.25, 0.3) is 0 Å². The molecule has 3 aromatic heterocycles. The molecule has 0 bridgehead atoms. The van der Waals surface area contributed by atoms with E-state index in [4.69, 9.17) is 4.42 Å². The molecule has 1 aliphatic carbocycles. The summed E-state index contributed by atoms with van der Waals surface area (Å²) in [5.74, 6) is 3.02. The lowest BCUT2D eigenvalue weighted by molar-refractivity contribution is -0.134. The number of H-pyrrole nitrogens is 1. The summed E-state index contributed by atoms with van der Waals surface area (Å²) in [6.45, 7) is 5.87. The molecule has 10 nitrogen and oxygen atoms in total. The summed E-state index contributed by atoms with van der Waals surface area (Å²) in [5, 5.41) is 11.3. The van der Waals surface area contributed by atoms with Crippen molar-refractivity contribution in [1.29, 1.82) is 0 Å². The lowest BCUT2D eigenvalue weighted by Crippen LogP contribution is -2.48. The number of carbonyl (C=O) groups is 1. The Morgan fingerprint density at radius 1 is 1.18 bits per heavy atom. The number of fused-ring (bicyclic) bond motifs is 1. The highest BCUT2D eigenvalue weighted by molar-refractivity contribution is 5.82. The molecule has 6 rings (SSSR count). The summed E-state index contributed by atoms with van der Waals surface area (Å²) in [6, 6.07) is 9.82. The van der Waals surface area contributed by atoms with Crippen molar-refractivity contribution in [2.24, 2.45) is 5.92 Å². The van der Waals surface area contributed by atoms with Gasteiger partial charge in [-0.1, -0.05) is 6.07 Å². The van der Waals surface area contributed by atoms with Crippen molar-refractivity contribution in [3.63, 3.8) is 0 Å². The van der Waals surface area contributed by atoms with Gasteiger partial charge in [-0.25, -0.2) is 9.97 Å². The molecule has 10 heteroatoms. The van der Waals surface area contributed by atoms with Crippen LogP contribution in [0.2, 0.25) is 0 Å². The monoisotopic (exact) mass is 458 g/mol. The molecule has 1 saturated heterocycles. The van der Waals surface area contributed by atoms with E-state index in [1.165, 1.54) is 0 Å². The lowest BCUT2D eigenvalue weighted by atomic mass is 10.2. The van der Waals surface area contributed by atoms with Crippen molar-refractivity contribution in [2.75, 3.05) is 31.5 Å². The van der Waals surface area contributed by atoms with Crippen molar-refractivity contribution < 1.29 is 9.21 Å². The fourth-order valence-corrected chi connectivity index (χ4v) is 4.36. The molecule has 0 spiro atoms. The molecule has 1 amide bonds. The Balaban J connectivity index is 1.15. The Hall–Kier alpha value is -3.79. The number of piperazine rings is 1. The molecule has 1 saturated carbocycles. The van der Waals surface area contributed by atoms with Gasteiger partial charge in [0, 0.05) is 62.9 Å².